The van der Waals surface area contributed by atoms with Gasteiger partial charge in [0.05, 0.1) is 0 Å². The Labute approximate surface area is 149 Å². The minimum absolute atomic E-state index is 0. The molecular formula is C18H26ClN3O2. The second kappa shape index (κ2) is 7.53. The van der Waals surface area contributed by atoms with Gasteiger partial charge in [-0.05, 0) is 31.7 Å². The molecule has 0 aromatic heterocycles. The van der Waals surface area contributed by atoms with Crippen molar-refractivity contribution in [1.29, 1.82) is 0 Å². The molecule has 0 bridgehead atoms. The maximum absolute atomic E-state index is 12.8. The number of piperidine rings is 1. The second-order valence-corrected chi connectivity index (χ2v) is 6.78. The lowest BCUT2D eigenvalue weighted by Crippen LogP contribution is -2.55. The van der Waals surface area contributed by atoms with E-state index in [1.165, 1.54) is 0 Å². The molecule has 0 saturated carbocycles. The summed E-state index contributed by atoms with van der Waals surface area (Å²) in [5, 5.41) is 0. The highest BCUT2D eigenvalue weighted by atomic mass is 35.5. The Hall–Kier alpha value is -1.59. The van der Waals surface area contributed by atoms with Crippen LogP contribution in [0.2, 0.25) is 0 Å². The molecule has 0 radical (unpaired) electrons. The van der Waals surface area contributed by atoms with Crippen LogP contribution in [0.5, 0.6) is 0 Å². The van der Waals surface area contributed by atoms with Gasteiger partial charge in [0.25, 0.3) is 0 Å². The number of carbonyl (C=O) groups is 2. The number of hydrogen-bond acceptors (Lipinski definition) is 3. The highest BCUT2D eigenvalue weighted by molar-refractivity contribution is 5.87. The summed E-state index contributed by atoms with van der Waals surface area (Å²) >= 11 is 0. The third kappa shape index (κ3) is 3.57. The number of nitrogens with zero attached hydrogens (tertiary/aromatic N) is 2. The first-order valence-electron chi connectivity index (χ1n) is 8.43. The first kappa shape index (κ1) is 18.7. The van der Waals surface area contributed by atoms with Crippen molar-refractivity contribution in [2.45, 2.75) is 44.2 Å². The third-order valence-electron chi connectivity index (χ3n) is 5.12. The SMILES string of the molecule is CC(N)(C(=O)N1CCC(N2CCCC2=O)CC1)c1ccccc1.Cl. The molecule has 2 amide bonds. The number of hydrogen-bond donors (Lipinski definition) is 1. The molecule has 1 aromatic carbocycles. The summed E-state index contributed by atoms with van der Waals surface area (Å²) in [4.78, 5) is 28.5. The Morgan fingerprint density at radius 1 is 1.17 bits per heavy atom. The number of nitrogens with two attached hydrogens (primary N) is 1. The molecule has 1 aromatic rings. The zero-order valence-electron chi connectivity index (χ0n) is 14.1. The first-order valence-corrected chi connectivity index (χ1v) is 8.43. The van der Waals surface area contributed by atoms with Crippen LogP contribution in [0.3, 0.4) is 0 Å². The van der Waals surface area contributed by atoms with E-state index in [1.807, 2.05) is 40.1 Å². The molecule has 132 valence electrons. The van der Waals surface area contributed by atoms with Gasteiger partial charge in [-0.15, -0.1) is 12.4 Å². The van der Waals surface area contributed by atoms with Crippen molar-refractivity contribution >= 4 is 24.2 Å². The normalized spacial score (nSPS) is 21.3. The van der Waals surface area contributed by atoms with Crippen LogP contribution in [0, 0.1) is 0 Å². The molecule has 0 aliphatic carbocycles. The quantitative estimate of drug-likeness (QED) is 0.904. The highest BCUT2D eigenvalue weighted by Gasteiger charge is 2.38. The minimum Gasteiger partial charge on any atom is -0.341 e. The van der Waals surface area contributed by atoms with Crippen molar-refractivity contribution in [3.05, 3.63) is 35.9 Å². The molecule has 2 aliphatic rings. The zero-order valence-corrected chi connectivity index (χ0v) is 14.9. The Bertz CT molecular complexity index is 583. The van der Waals surface area contributed by atoms with Gasteiger partial charge in [0.1, 0.15) is 5.54 Å². The lowest BCUT2D eigenvalue weighted by atomic mass is 9.90. The molecule has 0 spiro atoms. The largest absolute Gasteiger partial charge is 0.341 e. The molecule has 3 rings (SSSR count). The van der Waals surface area contributed by atoms with E-state index in [0.717, 1.165) is 31.4 Å². The van der Waals surface area contributed by atoms with E-state index in [4.69, 9.17) is 5.73 Å². The van der Waals surface area contributed by atoms with Crippen molar-refractivity contribution in [3.63, 3.8) is 0 Å². The molecule has 1 atom stereocenters. The van der Waals surface area contributed by atoms with E-state index in [1.54, 1.807) is 6.92 Å². The number of carbonyl (C=O) groups excluding carboxylic acids is 2. The topological polar surface area (TPSA) is 66.6 Å². The Kier molecular flexibility index (Phi) is 5.88. The lowest BCUT2D eigenvalue weighted by molar-refractivity contribution is -0.139. The van der Waals surface area contributed by atoms with Crippen LogP contribution in [-0.2, 0) is 15.1 Å². The van der Waals surface area contributed by atoms with Crippen molar-refractivity contribution in [1.82, 2.24) is 9.80 Å². The van der Waals surface area contributed by atoms with E-state index < -0.39 is 5.54 Å². The van der Waals surface area contributed by atoms with Gasteiger partial charge in [-0.1, -0.05) is 30.3 Å². The van der Waals surface area contributed by atoms with E-state index in [2.05, 4.69) is 0 Å². The van der Waals surface area contributed by atoms with E-state index >= 15 is 0 Å². The van der Waals surface area contributed by atoms with Crippen LogP contribution >= 0.6 is 12.4 Å². The highest BCUT2D eigenvalue weighted by Crippen LogP contribution is 2.26. The van der Waals surface area contributed by atoms with Gasteiger partial charge in [0.15, 0.2) is 0 Å². The summed E-state index contributed by atoms with van der Waals surface area (Å²) in [6.07, 6.45) is 3.34. The van der Waals surface area contributed by atoms with E-state index in [-0.39, 0.29) is 30.3 Å². The maximum Gasteiger partial charge on any atom is 0.246 e. The zero-order chi connectivity index (χ0) is 16.4. The predicted octanol–water partition coefficient (Wildman–Crippen LogP) is 1.90. The summed E-state index contributed by atoms with van der Waals surface area (Å²) in [5.74, 6) is 0.234. The monoisotopic (exact) mass is 351 g/mol. The van der Waals surface area contributed by atoms with Gasteiger partial charge in [-0.2, -0.15) is 0 Å². The average molecular weight is 352 g/mol. The van der Waals surface area contributed by atoms with Crippen LogP contribution in [0.4, 0.5) is 0 Å². The predicted molar refractivity (Wildman–Crippen MR) is 95.8 cm³/mol. The molecule has 2 aliphatic heterocycles. The molecular weight excluding hydrogens is 326 g/mol. The molecule has 2 saturated heterocycles. The number of halogens is 1. The van der Waals surface area contributed by atoms with E-state index in [0.29, 0.717) is 19.5 Å². The minimum atomic E-state index is -1.00. The molecule has 2 heterocycles. The molecule has 1 unspecified atom stereocenters. The Morgan fingerprint density at radius 2 is 1.79 bits per heavy atom. The number of benzene rings is 1. The van der Waals surface area contributed by atoms with Crippen LogP contribution in [0.25, 0.3) is 0 Å². The summed E-state index contributed by atoms with van der Waals surface area (Å²) < 4.78 is 0. The molecule has 2 fully saturated rings. The standard InChI is InChI=1S/C18H25N3O2.ClH/c1-18(19,14-6-3-2-4-7-14)17(23)20-12-9-15(10-13-20)21-11-5-8-16(21)22;/h2-4,6-7,15H,5,8-13,19H2,1H3;1H. The van der Waals surface area contributed by atoms with Gasteiger partial charge in [-0.25, -0.2) is 0 Å². The summed E-state index contributed by atoms with van der Waals surface area (Å²) in [6, 6.07) is 9.80. The van der Waals surface area contributed by atoms with Crippen LogP contribution < -0.4 is 5.73 Å². The fraction of sp³-hybridized carbons (Fsp3) is 0.556. The molecule has 5 nitrogen and oxygen atoms in total. The van der Waals surface area contributed by atoms with Crippen molar-refractivity contribution < 1.29 is 9.59 Å². The van der Waals surface area contributed by atoms with Crippen LogP contribution in [0.1, 0.15) is 38.2 Å². The fourth-order valence-electron chi connectivity index (χ4n) is 3.67. The number of likely N-dealkylation sites (tertiary alicyclic amines) is 2. The molecule has 2 N–H and O–H groups in total. The smallest absolute Gasteiger partial charge is 0.246 e. The number of rotatable bonds is 3. The van der Waals surface area contributed by atoms with Crippen molar-refractivity contribution in [2.24, 2.45) is 5.73 Å². The Balaban J connectivity index is 0.00000208. The average Bonchev–Trinajstić information content (AvgIpc) is 3.01. The van der Waals surface area contributed by atoms with Gasteiger partial charge < -0.3 is 15.5 Å². The lowest BCUT2D eigenvalue weighted by Gasteiger charge is -2.39. The molecule has 6 heteroatoms. The van der Waals surface area contributed by atoms with E-state index in [9.17, 15) is 9.59 Å². The fourth-order valence-corrected chi connectivity index (χ4v) is 3.67. The summed E-state index contributed by atoms with van der Waals surface area (Å²) in [7, 11) is 0. The van der Waals surface area contributed by atoms with Gasteiger partial charge in [0.2, 0.25) is 11.8 Å². The second-order valence-electron chi connectivity index (χ2n) is 6.78. The molecule has 24 heavy (non-hydrogen) atoms. The van der Waals surface area contributed by atoms with Gasteiger partial charge >= 0.3 is 0 Å². The summed E-state index contributed by atoms with van der Waals surface area (Å²) in [6.45, 7) is 4.00. The first-order chi connectivity index (χ1) is 11.0. The van der Waals surface area contributed by atoms with Crippen molar-refractivity contribution in [2.75, 3.05) is 19.6 Å². The Morgan fingerprint density at radius 3 is 2.33 bits per heavy atom. The van der Waals surface area contributed by atoms with Crippen LogP contribution in [-0.4, -0.2) is 47.3 Å². The van der Waals surface area contributed by atoms with Gasteiger partial charge in [-0.3, -0.25) is 9.59 Å². The third-order valence-corrected chi connectivity index (χ3v) is 5.12. The maximum atomic E-state index is 12.8. The van der Waals surface area contributed by atoms with Gasteiger partial charge in [0, 0.05) is 32.1 Å². The van der Waals surface area contributed by atoms with Crippen molar-refractivity contribution in [3.8, 4) is 0 Å². The summed E-state index contributed by atoms with van der Waals surface area (Å²) in [5.41, 5.74) is 6.17. The number of amides is 2. The van der Waals surface area contributed by atoms with Crippen LogP contribution in [0.15, 0.2) is 30.3 Å².